The standard InChI is InChI=1S/C10H9NO/c1-7-4-8-2-3-12-10(8)9(5-7)6-11/h4-5H,2-3H2,1H3. The van der Waals surface area contributed by atoms with Crippen molar-refractivity contribution in [1.29, 1.82) is 5.26 Å². The van der Waals surface area contributed by atoms with Crippen molar-refractivity contribution in [2.45, 2.75) is 13.3 Å². The number of fused-ring (bicyclic) bond motifs is 1. The Labute approximate surface area is 71.4 Å². The molecule has 0 N–H and O–H groups in total. The number of aryl methyl sites for hydroxylation is 1. The predicted octanol–water partition coefficient (Wildman–Crippen LogP) is 1.80. The first-order valence-electron chi connectivity index (χ1n) is 3.97. The van der Waals surface area contributed by atoms with E-state index in [2.05, 4.69) is 12.1 Å². The van der Waals surface area contributed by atoms with Crippen molar-refractivity contribution < 1.29 is 4.74 Å². The SMILES string of the molecule is Cc1cc(C#N)c2c(c1)CCO2. The van der Waals surface area contributed by atoms with Crippen LogP contribution >= 0.6 is 0 Å². The van der Waals surface area contributed by atoms with Crippen molar-refractivity contribution in [3.8, 4) is 11.8 Å². The Hall–Kier alpha value is -1.49. The normalized spacial score (nSPS) is 13.3. The molecule has 0 aliphatic carbocycles. The number of hydrogen-bond donors (Lipinski definition) is 0. The maximum absolute atomic E-state index is 8.80. The van der Waals surface area contributed by atoms with Crippen LogP contribution in [-0.2, 0) is 6.42 Å². The molecule has 0 saturated heterocycles. The van der Waals surface area contributed by atoms with Gasteiger partial charge >= 0.3 is 0 Å². The summed E-state index contributed by atoms with van der Waals surface area (Å²) in [5.74, 6) is 0.795. The van der Waals surface area contributed by atoms with Crippen LogP contribution in [0.15, 0.2) is 12.1 Å². The summed E-state index contributed by atoms with van der Waals surface area (Å²) in [6, 6.07) is 6.09. The minimum atomic E-state index is 0.669. The number of nitriles is 1. The molecule has 1 aromatic carbocycles. The van der Waals surface area contributed by atoms with Gasteiger partial charge in [0.15, 0.2) is 0 Å². The molecule has 0 aromatic heterocycles. The molecule has 0 amide bonds. The Kier molecular flexibility index (Phi) is 1.51. The van der Waals surface area contributed by atoms with E-state index in [1.54, 1.807) is 0 Å². The summed E-state index contributed by atoms with van der Waals surface area (Å²) in [5, 5.41) is 8.80. The van der Waals surface area contributed by atoms with Gasteiger partial charge in [0, 0.05) is 6.42 Å². The molecule has 1 heterocycles. The van der Waals surface area contributed by atoms with E-state index in [1.165, 1.54) is 5.56 Å². The first-order valence-corrected chi connectivity index (χ1v) is 3.97. The minimum Gasteiger partial charge on any atom is -0.492 e. The lowest BCUT2D eigenvalue weighted by atomic mass is 10.1. The van der Waals surface area contributed by atoms with Crippen molar-refractivity contribution in [3.63, 3.8) is 0 Å². The average molecular weight is 159 g/mol. The molecule has 60 valence electrons. The van der Waals surface area contributed by atoms with Gasteiger partial charge in [-0.1, -0.05) is 6.07 Å². The summed E-state index contributed by atoms with van der Waals surface area (Å²) in [4.78, 5) is 0. The molecule has 0 unspecified atom stereocenters. The Balaban J connectivity index is 2.64. The maximum Gasteiger partial charge on any atom is 0.140 e. The average Bonchev–Trinajstić information content (AvgIpc) is 2.50. The van der Waals surface area contributed by atoms with Gasteiger partial charge in [0.2, 0.25) is 0 Å². The number of rotatable bonds is 0. The van der Waals surface area contributed by atoms with Gasteiger partial charge in [0.05, 0.1) is 12.2 Å². The number of hydrogen-bond acceptors (Lipinski definition) is 2. The Morgan fingerprint density at radius 2 is 2.33 bits per heavy atom. The lowest BCUT2D eigenvalue weighted by Gasteiger charge is -2.01. The topological polar surface area (TPSA) is 33.0 Å². The van der Waals surface area contributed by atoms with Crippen LogP contribution in [0.4, 0.5) is 0 Å². The fourth-order valence-electron chi connectivity index (χ4n) is 1.55. The highest BCUT2D eigenvalue weighted by Crippen LogP contribution is 2.30. The van der Waals surface area contributed by atoms with E-state index in [9.17, 15) is 0 Å². The van der Waals surface area contributed by atoms with Crippen LogP contribution in [0.25, 0.3) is 0 Å². The summed E-state index contributed by atoms with van der Waals surface area (Å²) in [7, 11) is 0. The van der Waals surface area contributed by atoms with E-state index in [1.807, 2.05) is 13.0 Å². The molecule has 1 aliphatic rings. The molecule has 0 atom stereocenters. The molecule has 12 heavy (non-hydrogen) atoms. The van der Waals surface area contributed by atoms with Crippen molar-refractivity contribution >= 4 is 0 Å². The minimum absolute atomic E-state index is 0.669. The van der Waals surface area contributed by atoms with Gasteiger partial charge in [0.1, 0.15) is 11.8 Å². The second-order valence-electron chi connectivity index (χ2n) is 3.01. The zero-order valence-corrected chi connectivity index (χ0v) is 6.92. The monoisotopic (exact) mass is 159 g/mol. The van der Waals surface area contributed by atoms with Gasteiger partial charge in [-0.05, 0) is 24.1 Å². The summed E-state index contributed by atoms with van der Waals surface area (Å²) in [6.45, 7) is 2.72. The van der Waals surface area contributed by atoms with Gasteiger partial charge in [-0.2, -0.15) is 5.26 Å². The van der Waals surface area contributed by atoms with Crippen LogP contribution in [0.1, 0.15) is 16.7 Å². The first-order chi connectivity index (χ1) is 5.81. The van der Waals surface area contributed by atoms with Gasteiger partial charge in [-0.25, -0.2) is 0 Å². The van der Waals surface area contributed by atoms with Crippen LogP contribution in [0.3, 0.4) is 0 Å². The summed E-state index contributed by atoms with van der Waals surface area (Å²) in [5.41, 5.74) is 2.98. The third-order valence-corrected chi connectivity index (χ3v) is 2.05. The molecule has 1 aliphatic heterocycles. The predicted molar refractivity (Wildman–Crippen MR) is 45.1 cm³/mol. The second-order valence-corrected chi connectivity index (χ2v) is 3.01. The van der Waals surface area contributed by atoms with Crippen LogP contribution < -0.4 is 4.74 Å². The first kappa shape index (κ1) is 7.17. The Morgan fingerprint density at radius 1 is 1.50 bits per heavy atom. The van der Waals surface area contributed by atoms with Gasteiger partial charge in [-0.3, -0.25) is 0 Å². The van der Waals surface area contributed by atoms with Crippen molar-refractivity contribution in [2.24, 2.45) is 0 Å². The zero-order chi connectivity index (χ0) is 8.55. The fraction of sp³-hybridized carbons (Fsp3) is 0.300. The Morgan fingerprint density at radius 3 is 3.08 bits per heavy atom. The molecular formula is C10H9NO. The third-order valence-electron chi connectivity index (χ3n) is 2.05. The van der Waals surface area contributed by atoms with Gasteiger partial charge in [-0.15, -0.1) is 0 Å². The maximum atomic E-state index is 8.80. The molecule has 0 spiro atoms. The smallest absolute Gasteiger partial charge is 0.140 e. The third kappa shape index (κ3) is 0.947. The molecule has 2 rings (SSSR count). The highest BCUT2D eigenvalue weighted by molar-refractivity contribution is 5.52. The largest absolute Gasteiger partial charge is 0.492 e. The highest BCUT2D eigenvalue weighted by Gasteiger charge is 2.16. The van der Waals surface area contributed by atoms with E-state index in [0.29, 0.717) is 12.2 Å². The lowest BCUT2D eigenvalue weighted by molar-refractivity contribution is 0.356. The van der Waals surface area contributed by atoms with Crippen LogP contribution in [0, 0.1) is 18.3 Å². The molecule has 1 aromatic rings. The van der Waals surface area contributed by atoms with E-state index in [4.69, 9.17) is 10.00 Å². The molecule has 0 fully saturated rings. The molecule has 2 heteroatoms. The van der Waals surface area contributed by atoms with E-state index in [-0.39, 0.29) is 0 Å². The van der Waals surface area contributed by atoms with Crippen LogP contribution in [0.5, 0.6) is 5.75 Å². The Bertz CT molecular complexity index is 363. The van der Waals surface area contributed by atoms with Crippen molar-refractivity contribution in [3.05, 3.63) is 28.8 Å². The van der Waals surface area contributed by atoms with E-state index in [0.717, 1.165) is 17.7 Å². The highest BCUT2D eigenvalue weighted by atomic mass is 16.5. The number of ether oxygens (including phenoxy) is 1. The zero-order valence-electron chi connectivity index (χ0n) is 6.92. The summed E-state index contributed by atoms with van der Waals surface area (Å²) >= 11 is 0. The lowest BCUT2D eigenvalue weighted by Crippen LogP contribution is -1.88. The summed E-state index contributed by atoms with van der Waals surface area (Å²) in [6.07, 6.45) is 0.936. The molecule has 0 saturated carbocycles. The molecular weight excluding hydrogens is 150 g/mol. The van der Waals surface area contributed by atoms with Gasteiger partial charge in [0.25, 0.3) is 0 Å². The van der Waals surface area contributed by atoms with Crippen LogP contribution in [0.2, 0.25) is 0 Å². The molecule has 0 radical (unpaired) electrons. The van der Waals surface area contributed by atoms with E-state index < -0.39 is 0 Å². The second kappa shape index (κ2) is 2.53. The fourth-order valence-corrected chi connectivity index (χ4v) is 1.55. The quantitative estimate of drug-likeness (QED) is 0.578. The molecule has 2 nitrogen and oxygen atoms in total. The number of nitrogens with zero attached hydrogens (tertiary/aromatic N) is 1. The van der Waals surface area contributed by atoms with Gasteiger partial charge < -0.3 is 4.74 Å². The van der Waals surface area contributed by atoms with Crippen molar-refractivity contribution in [2.75, 3.05) is 6.61 Å². The van der Waals surface area contributed by atoms with Crippen LogP contribution in [-0.4, -0.2) is 6.61 Å². The molecule has 0 bridgehead atoms. The summed E-state index contributed by atoms with van der Waals surface area (Å²) < 4.78 is 5.35. The number of benzene rings is 1. The van der Waals surface area contributed by atoms with Crippen molar-refractivity contribution in [1.82, 2.24) is 0 Å². The van der Waals surface area contributed by atoms with E-state index >= 15 is 0 Å².